The van der Waals surface area contributed by atoms with Crippen LogP contribution in [0.1, 0.15) is 16.2 Å². The highest BCUT2D eigenvalue weighted by Crippen LogP contribution is 2.19. The van der Waals surface area contributed by atoms with E-state index in [0.29, 0.717) is 17.3 Å². The lowest BCUT2D eigenvalue weighted by molar-refractivity contribution is 0.0823. The second-order valence-electron chi connectivity index (χ2n) is 4.03. The van der Waals surface area contributed by atoms with Crippen LogP contribution < -0.4 is 0 Å². The summed E-state index contributed by atoms with van der Waals surface area (Å²) in [5.41, 5.74) is 0.489. The monoisotopic (exact) mass is 249 g/mol. The third-order valence-electron chi connectivity index (χ3n) is 2.39. The Balaban J connectivity index is 2.39. The molecule has 0 radical (unpaired) electrons. The fraction of sp³-hybridized carbons (Fsp3) is 0.250. The average molecular weight is 249 g/mol. The number of halogens is 1. The molecule has 6 heteroatoms. The van der Waals surface area contributed by atoms with Crippen molar-refractivity contribution in [3.8, 4) is 11.4 Å². The van der Waals surface area contributed by atoms with Crippen molar-refractivity contribution in [3.63, 3.8) is 0 Å². The van der Waals surface area contributed by atoms with Gasteiger partial charge >= 0.3 is 0 Å². The molecule has 1 heterocycles. The van der Waals surface area contributed by atoms with Crippen LogP contribution in [0, 0.1) is 12.7 Å². The minimum Gasteiger partial charge on any atom is -0.345 e. The number of amides is 1. The molecular weight excluding hydrogens is 237 g/mol. The van der Waals surface area contributed by atoms with Gasteiger partial charge in [-0.25, -0.2) is 4.39 Å². The van der Waals surface area contributed by atoms with Crippen molar-refractivity contribution in [3.05, 3.63) is 35.5 Å². The lowest BCUT2D eigenvalue weighted by Crippen LogP contribution is -2.22. The second kappa shape index (κ2) is 4.56. The highest BCUT2D eigenvalue weighted by atomic mass is 19.1. The number of nitrogens with zero attached hydrogens (tertiary/aromatic N) is 3. The van der Waals surface area contributed by atoms with E-state index in [4.69, 9.17) is 4.52 Å². The number of carbonyl (C=O) groups is 1. The van der Waals surface area contributed by atoms with Crippen molar-refractivity contribution in [1.29, 1.82) is 0 Å². The molecule has 0 aliphatic carbocycles. The van der Waals surface area contributed by atoms with Crippen LogP contribution in [0.25, 0.3) is 11.4 Å². The highest BCUT2D eigenvalue weighted by Gasteiger charge is 2.15. The Morgan fingerprint density at radius 1 is 1.39 bits per heavy atom. The molecule has 2 aromatic rings. The van der Waals surface area contributed by atoms with Crippen LogP contribution in [0.4, 0.5) is 4.39 Å². The molecule has 18 heavy (non-hydrogen) atoms. The smallest absolute Gasteiger partial charge is 0.256 e. The van der Waals surface area contributed by atoms with Gasteiger partial charge in [-0.2, -0.15) is 4.98 Å². The molecule has 1 amide bonds. The number of aryl methyl sites for hydroxylation is 1. The highest BCUT2D eigenvalue weighted by molar-refractivity contribution is 5.94. The number of hydrogen-bond acceptors (Lipinski definition) is 4. The van der Waals surface area contributed by atoms with E-state index in [-0.39, 0.29) is 11.5 Å². The molecule has 0 N–H and O–H groups in total. The summed E-state index contributed by atoms with van der Waals surface area (Å²) in [7, 11) is 3.14. The van der Waals surface area contributed by atoms with Crippen molar-refractivity contribution in [2.75, 3.05) is 14.1 Å². The van der Waals surface area contributed by atoms with E-state index in [1.165, 1.54) is 17.0 Å². The summed E-state index contributed by atoms with van der Waals surface area (Å²) in [6.45, 7) is 1.65. The number of benzene rings is 1. The Labute approximate surface area is 103 Å². The van der Waals surface area contributed by atoms with Crippen molar-refractivity contribution < 1.29 is 13.7 Å². The van der Waals surface area contributed by atoms with E-state index in [2.05, 4.69) is 10.1 Å². The van der Waals surface area contributed by atoms with Gasteiger partial charge in [-0.15, -0.1) is 0 Å². The van der Waals surface area contributed by atoms with Gasteiger partial charge in [0.25, 0.3) is 5.91 Å². The molecular formula is C12H12FN3O2. The molecule has 2 rings (SSSR count). The van der Waals surface area contributed by atoms with Gasteiger partial charge in [0, 0.05) is 26.6 Å². The molecule has 0 saturated carbocycles. The fourth-order valence-electron chi connectivity index (χ4n) is 1.49. The molecule has 5 nitrogen and oxygen atoms in total. The van der Waals surface area contributed by atoms with Gasteiger partial charge in [0.05, 0.1) is 5.56 Å². The summed E-state index contributed by atoms with van der Waals surface area (Å²) in [4.78, 5) is 17.0. The minimum atomic E-state index is -0.603. The van der Waals surface area contributed by atoms with E-state index in [9.17, 15) is 9.18 Å². The molecule has 0 bridgehead atoms. The first-order valence-corrected chi connectivity index (χ1v) is 5.31. The predicted octanol–water partition coefficient (Wildman–Crippen LogP) is 1.89. The lowest BCUT2D eigenvalue weighted by Gasteiger charge is -2.10. The fourth-order valence-corrected chi connectivity index (χ4v) is 1.49. The molecule has 0 aliphatic rings. The Morgan fingerprint density at radius 3 is 2.61 bits per heavy atom. The van der Waals surface area contributed by atoms with Crippen LogP contribution in [0.15, 0.2) is 22.7 Å². The van der Waals surface area contributed by atoms with Crippen LogP contribution in [0.2, 0.25) is 0 Å². The Morgan fingerprint density at radius 2 is 2.11 bits per heavy atom. The molecule has 0 spiro atoms. The summed E-state index contributed by atoms with van der Waals surface area (Å²) in [5, 5.41) is 3.69. The van der Waals surface area contributed by atoms with Crippen LogP contribution >= 0.6 is 0 Å². The predicted molar refractivity (Wildman–Crippen MR) is 62.4 cm³/mol. The molecule has 0 aliphatic heterocycles. The van der Waals surface area contributed by atoms with Gasteiger partial charge in [0.2, 0.25) is 11.7 Å². The molecule has 94 valence electrons. The summed E-state index contributed by atoms with van der Waals surface area (Å²) < 4.78 is 18.6. The maximum Gasteiger partial charge on any atom is 0.256 e. The van der Waals surface area contributed by atoms with Gasteiger partial charge in [-0.05, 0) is 12.1 Å². The Bertz CT molecular complexity index is 593. The molecule has 0 unspecified atom stereocenters. The van der Waals surface area contributed by atoms with Crippen LogP contribution in [-0.4, -0.2) is 35.0 Å². The maximum absolute atomic E-state index is 13.8. The number of rotatable bonds is 2. The van der Waals surface area contributed by atoms with E-state index in [0.717, 1.165) is 0 Å². The maximum atomic E-state index is 13.8. The van der Waals surface area contributed by atoms with Crippen LogP contribution in [0.5, 0.6) is 0 Å². The third-order valence-corrected chi connectivity index (χ3v) is 2.39. The SMILES string of the molecule is Cc1nc(-c2ccc(C(=O)N(C)C)c(F)c2)no1. The van der Waals surface area contributed by atoms with Crippen molar-refractivity contribution >= 4 is 5.91 Å². The van der Waals surface area contributed by atoms with Crippen LogP contribution in [-0.2, 0) is 0 Å². The largest absolute Gasteiger partial charge is 0.345 e. The van der Waals surface area contributed by atoms with E-state index in [1.54, 1.807) is 27.1 Å². The standard InChI is InChI=1S/C12H12FN3O2/c1-7-14-11(15-18-7)8-4-5-9(10(13)6-8)12(17)16(2)3/h4-6H,1-3H3. The average Bonchev–Trinajstić information content (AvgIpc) is 2.74. The molecule has 0 atom stereocenters. The summed E-state index contributed by atoms with van der Waals surface area (Å²) >= 11 is 0. The quantitative estimate of drug-likeness (QED) is 0.815. The van der Waals surface area contributed by atoms with Crippen molar-refractivity contribution in [2.24, 2.45) is 0 Å². The first kappa shape index (κ1) is 12.2. The number of carbonyl (C=O) groups excluding carboxylic acids is 1. The van der Waals surface area contributed by atoms with Gasteiger partial charge in [-0.1, -0.05) is 11.2 Å². The zero-order chi connectivity index (χ0) is 13.3. The Hall–Kier alpha value is -2.24. The topological polar surface area (TPSA) is 59.2 Å². The van der Waals surface area contributed by atoms with E-state index in [1.807, 2.05) is 0 Å². The normalized spacial score (nSPS) is 10.4. The van der Waals surface area contributed by atoms with E-state index < -0.39 is 5.82 Å². The minimum absolute atomic E-state index is 0.0176. The second-order valence-corrected chi connectivity index (χ2v) is 4.03. The summed E-state index contributed by atoms with van der Waals surface area (Å²) in [6.07, 6.45) is 0. The molecule has 1 aromatic heterocycles. The third kappa shape index (κ3) is 2.22. The van der Waals surface area contributed by atoms with Crippen molar-refractivity contribution in [2.45, 2.75) is 6.92 Å². The van der Waals surface area contributed by atoms with Gasteiger partial charge in [0.1, 0.15) is 5.82 Å². The van der Waals surface area contributed by atoms with Gasteiger partial charge in [-0.3, -0.25) is 4.79 Å². The molecule has 0 saturated heterocycles. The van der Waals surface area contributed by atoms with E-state index >= 15 is 0 Å². The first-order valence-electron chi connectivity index (χ1n) is 5.31. The first-order chi connectivity index (χ1) is 8.49. The zero-order valence-electron chi connectivity index (χ0n) is 10.3. The Kier molecular flexibility index (Phi) is 3.10. The number of hydrogen-bond donors (Lipinski definition) is 0. The summed E-state index contributed by atoms with van der Waals surface area (Å²) in [5.74, 6) is -0.286. The number of aromatic nitrogens is 2. The van der Waals surface area contributed by atoms with Crippen molar-refractivity contribution in [1.82, 2.24) is 15.0 Å². The van der Waals surface area contributed by atoms with Gasteiger partial charge < -0.3 is 9.42 Å². The molecule has 0 fully saturated rings. The van der Waals surface area contributed by atoms with Gasteiger partial charge in [0.15, 0.2) is 0 Å². The summed E-state index contributed by atoms with van der Waals surface area (Å²) in [6, 6.07) is 4.23. The molecule has 1 aromatic carbocycles. The lowest BCUT2D eigenvalue weighted by atomic mass is 10.1. The zero-order valence-corrected chi connectivity index (χ0v) is 10.3. The van der Waals surface area contributed by atoms with Crippen LogP contribution in [0.3, 0.4) is 0 Å².